The molecule has 0 bridgehead atoms. The minimum atomic E-state index is 0.00419. The van der Waals surface area contributed by atoms with Gasteiger partial charge >= 0.3 is 0 Å². The summed E-state index contributed by atoms with van der Waals surface area (Å²) in [6.45, 7) is 1.23. The molecule has 1 heterocycles. The number of nitrogens with zero attached hydrogens (tertiary/aromatic N) is 1. The fourth-order valence-corrected chi connectivity index (χ4v) is 2.66. The van der Waals surface area contributed by atoms with Crippen LogP contribution in [-0.2, 0) is 24.2 Å². The molecule has 0 fully saturated rings. The van der Waals surface area contributed by atoms with Crippen LogP contribution in [-0.4, -0.2) is 17.4 Å². The van der Waals surface area contributed by atoms with Gasteiger partial charge in [0.25, 0.3) is 0 Å². The number of nitrogens with one attached hydrogen (secondary N) is 1. The van der Waals surface area contributed by atoms with E-state index in [4.69, 9.17) is 5.73 Å². The number of aryl methyl sites for hydroxylation is 1. The highest BCUT2D eigenvalue weighted by molar-refractivity contribution is 7.09. The van der Waals surface area contributed by atoms with Gasteiger partial charge in [0.1, 0.15) is 0 Å². The Hall–Kier alpha value is -1.72. The quantitative estimate of drug-likeness (QED) is 0.818. The fraction of sp³-hybridized carbons (Fsp3) is 0.333. The molecule has 0 radical (unpaired) electrons. The van der Waals surface area contributed by atoms with Crippen LogP contribution in [0.3, 0.4) is 0 Å². The molecule has 0 aliphatic carbocycles. The molecule has 2 aromatic rings. The number of hydrogen-bond acceptors (Lipinski definition) is 4. The first kappa shape index (κ1) is 14.7. The first-order valence-corrected chi connectivity index (χ1v) is 7.60. The Labute approximate surface area is 123 Å². The Kier molecular flexibility index (Phi) is 5.70. The van der Waals surface area contributed by atoms with Crippen LogP contribution in [0.2, 0.25) is 0 Å². The van der Waals surface area contributed by atoms with Crippen LogP contribution in [0.1, 0.15) is 22.7 Å². The van der Waals surface area contributed by atoms with Crippen LogP contribution >= 0.6 is 11.3 Å². The van der Waals surface area contributed by atoms with Crippen LogP contribution in [0.15, 0.2) is 35.7 Å². The highest BCUT2D eigenvalue weighted by atomic mass is 32.1. The van der Waals surface area contributed by atoms with Crippen molar-refractivity contribution in [3.8, 4) is 0 Å². The third-order valence-corrected chi connectivity index (χ3v) is 3.83. The average Bonchev–Trinajstić information content (AvgIpc) is 2.91. The number of amides is 1. The van der Waals surface area contributed by atoms with Gasteiger partial charge in [-0.3, -0.25) is 4.79 Å². The van der Waals surface area contributed by atoms with Crippen LogP contribution in [0.5, 0.6) is 0 Å². The van der Waals surface area contributed by atoms with E-state index in [1.807, 2.05) is 35.7 Å². The molecule has 1 aromatic heterocycles. The summed E-state index contributed by atoms with van der Waals surface area (Å²) < 4.78 is 0. The monoisotopic (exact) mass is 289 g/mol. The molecule has 0 unspecified atom stereocenters. The lowest BCUT2D eigenvalue weighted by Gasteiger charge is -2.03. The van der Waals surface area contributed by atoms with Gasteiger partial charge in [0.2, 0.25) is 5.91 Å². The van der Waals surface area contributed by atoms with Gasteiger partial charge in [-0.15, -0.1) is 11.3 Å². The number of carbonyl (C=O) groups excluding carboxylic acids is 1. The summed E-state index contributed by atoms with van der Waals surface area (Å²) in [5, 5.41) is 5.91. The lowest BCUT2D eigenvalue weighted by molar-refractivity contribution is -0.120. The van der Waals surface area contributed by atoms with Gasteiger partial charge in [-0.05, 0) is 18.5 Å². The van der Waals surface area contributed by atoms with Crippen molar-refractivity contribution in [2.24, 2.45) is 5.73 Å². The highest BCUT2D eigenvalue weighted by Crippen LogP contribution is 2.12. The number of rotatable bonds is 7. The molecule has 106 valence electrons. The Balaban J connectivity index is 1.78. The summed E-state index contributed by atoms with van der Waals surface area (Å²) in [6.07, 6.45) is 2.17. The van der Waals surface area contributed by atoms with E-state index in [9.17, 15) is 4.79 Å². The number of hydrogen-bond donors (Lipinski definition) is 2. The number of benzene rings is 1. The second-order valence-electron chi connectivity index (χ2n) is 4.56. The zero-order valence-electron chi connectivity index (χ0n) is 11.3. The second-order valence-corrected chi connectivity index (χ2v) is 5.51. The summed E-state index contributed by atoms with van der Waals surface area (Å²) in [5.74, 6) is 0.00419. The van der Waals surface area contributed by atoms with Crippen molar-refractivity contribution in [3.05, 3.63) is 52.0 Å². The van der Waals surface area contributed by atoms with Gasteiger partial charge in [-0.1, -0.05) is 30.3 Å². The maximum atomic E-state index is 11.8. The molecule has 1 amide bonds. The summed E-state index contributed by atoms with van der Waals surface area (Å²) >= 11 is 1.60. The Bertz CT molecular complexity index is 539. The van der Waals surface area contributed by atoms with Crippen LogP contribution in [0.25, 0.3) is 0 Å². The Morgan fingerprint density at radius 2 is 2.10 bits per heavy atom. The summed E-state index contributed by atoms with van der Waals surface area (Å²) in [7, 11) is 0. The van der Waals surface area contributed by atoms with Crippen molar-refractivity contribution in [1.29, 1.82) is 0 Å². The average molecular weight is 289 g/mol. The number of carbonyl (C=O) groups is 1. The van der Waals surface area contributed by atoms with E-state index in [1.54, 1.807) is 11.3 Å². The lowest BCUT2D eigenvalue weighted by Crippen LogP contribution is -2.24. The number of nitrogens with two attached hydrogens (primary N) is 1. The highest BCUT2D eigenvalue weighted by Gasteiger charge is 2.07. The molecule has 1 aromatic carbocycles. The Morgan fingerprint density at radius 3 is 2.85 bits per heavy atom. The Morgan fingerprint density at radius 1 is 1.30 bits per heavy atom. The lowest BCUT2D eigenvalue weighted by atomic mass is 10.2. The molecule has 0 saturated heterocycles. The van der Waals surface area contributed by atoms with Gasteiger partial charge in [0, 0.05) is 18.3 Å². The van der Waals surface area contributed by atoms with Crippen molar-refractivity contribution in [1.82, 2.24) is 10.3 Å². The van der Waals surface area contributed by atoms with Crippen LogP contribution < -0.4 is 11.1 Å². The van der Waals surface area contributed by atoms with Crippen molar-refractivity contribution in [2.75, 3.05) is 6.54 Å². The summed E-state index contributed by atoms with van der Waals surface area (Å²) in [4.78, 5) is 16.3. The maximum absolute atomic E-state index is 11.8. The van der Waals surface area contributed by atoms with Gasteiger partial charge in [0.05, 0.1) is 17.1 Å². The number of thiazole rings is 1. The molecular formula is C15H19N3OS. The molecule has 0 aliphatic rings. The maximum Gasteiger partial charge on any atom is 0.226 e. The molecule has 3 N–H and O–H groups in total. The van der Waals surface area contributed by atoms with Gasteiger partial charge < -0.3 is 11.1 Å². The van der Waals surface area contributed by atoms with E-state index in [1.165, 1.54) is 0 Å². The van der Waals surface area contributed by atoms with E-state index in [-0.39, 0.29) is 5.91 Å². The van der Waals surface area contributed by atoms with Crippen LogP contribution in [0, 0.1) is 0 Å². The molecule has 4 nitrogen and oxygen atoms in total. The first-order valence-electron chi connectivity index (χ1n) is 6.72. The molecule has 0 spiro atoms. The van der Waals surface area contributed by atoms with Crippen LogP contribution in [0.4, 0.5) is 0 Å². The second kappa shape index (κ2) is 7.77. The predicted molar refractivity (Wildman–Crippen MR) is 81.5 cm³/mol. The van der Waals surface area contributed by atoms with E-state index in [0.29, 0.717) is 19.5 Å². The van der Waals surface area contributed by atoms with E-state index in [0.717, 1.165) is 29.1 Å². The molecule has 0 aliphatic heterocycles. The molecule has 0 atom stereocenters. The standard InChI is InChI=1S/C15H19N3OS/c16-8-4-7-15-18-13(11-20-15)9-14(19)17-10-12-5-2-1-3-6-12/h1-3,5-6,11H,4,7-10,16H2,(H,17,19). The van der Waals surface area contributed by atoms with Gasteiger partial charge in [-0.2, -0.15) is 0 Å². The minimum absolute atomic E-state index is 0.00419. The minimum Gasteiger partial charge on any atom is -0.352 e. The van der Waals surface area contributed by atoms with Crippen molar-refractivity contribution in [3.63, 3.8) is 0 Å². The molecule has 5 heteroatoms. The smallest absolute Gasteiger partial charge is 0.226 e. The largest absolute Gasteiger partial charge is 0.352 e. The molecular weight excluding hydrogens is 270 g/mol. The zero-order valence-corrected chi connectivity index (χ0v) is 12.2. The molecule has 2 rings (SSSR count). The van der Waals surface area contributed by atoms with E-state index in [2.05, 4.69) is 10.3 Å². The zero-order chi connectivity index (χ0) is 14.2. The van der Waals surface area contributed by atoms with Crippen molar-refractivity contribution < 1.29 is 4.79 Å². The third-order valence-electron chi connectivity index (χ3n) is 2.87. The normalized spacial score (nSPS) is 10.4. The SMILES string of the molecule is NCCCc1nc(CC(=O)NCc2ccccc2)cs1. The van der Waals surface area contributed by atoms with Crippen molar-refractivity contribution in [2.45, 2.75) is 25.8 Å². The predicted octanol–water partition coefficient (Wildman–Crippen LogP) is 1.89. The van der Waals surface area contributed by atoms with Gasteiger partial charge in [0.15, 0.2) is 0 Å². The van der Waals surface area contributed by atoms with Crippen molar-refractivity contribution >= 4 is 17.2 Å². The first-order chi connectivity index (χ1) is 9.78. The van der Waals surface area contributed by atoms with E-state index >= 15 is 0 Å². The molecule has 20 heavy (non-hydrogen) atoms. The summed E-state index contributed by atoms with van der Waals surface area (Å²) in [6, 6.07) is 9.88. The third kappa shape index (κ3) is 4.75. The number of aromatic nitrogens is 1. The fourth-order valence-electron chi connectivity index (χ4n) is 1.82. The van der Waals surface area contributed by atoms with E-state index < -0.39 is 0 Å². The molecule has 0 saturated carbocycles. The van der Waals surface area contributed by atoms with Gasteiger partial charge in [-0.25, -0.2) is 4.98 Å². The summed E-state index contributed by atoms with van der Waals surface area (Å²) in [5.41, 5.74) is 7.41. The topological polar surface area (TPSA) is 68.0 Å².